The monoisotopic (exact) mass is 213 g/mol. The molecule has 1 aromatic carbocycles. The van der Waals surface area contributed by atoms with Gasteiger partial charge < -0.3 is 5.73 Å². The molecule has 0 radical (unpaired) electrons. The maximum absolute atomic E-state index is 12.7. The van der Waals surface area contributed by atoms with Crippen molar-refractivity contribution in [3.8, 4) is 0 Å². The van der Waals surface area contributed by atoms with Crippen LogP contribution in [0, 0.1) is 5.82 Å². The fourth-order valence-corrected chi connectivity index (χ4v) is 2.40. The molecule has 2 unspecified atom stereocenters. The van der Waals surface area contributed by atoms with E-state index in [9.17, 15) is 4.39 Å². The Morgan fingerprint density at radius 2 is 1.93 bits per heavy atom. The van der Waals surface area contributed by atoms with Gasteiger partial charge in [0.2, 0.25) is 0 Å². The molecule has 0 aliphatic heterocycles. The maximum atomic E-state index is 12.7. The van der Waals surface area contributed by atoms with Crippen LogP contribution in [-0.4, -0.2) is 11.8 Å². The first-order chi connectivity index (χ1) is 6.65. The Balaban J connectivity index is 2.82. The van der Waals surface area contributed by atoms with Gasteiger partial charge in [-0.25, -0.2) is 4.39 Å². The molecule has 1 aromatic rings. The number of thioether (sulfide) groups is 1. The quantitative estimate of drug-likeness (QED) is 0.832. The standard InChI is InChI=1S/C11H16FNS/c1-3-14-11(8(2)13)9-4-6-10(12)7-5-9/h4-8,11H,3,13H2,1-2H3. The summed E-state index contributed by atoms with van der Waals surface area (Å²) in [5.74, 6) is 0.822. The summed E-state index contributed by atoms with van der Waals surface area (Å²) in [6.45, 7) is 4.08. The Morgan fingerprint density at radius 3 is 2.36 bits per heavy atom. The van der Waals surface area contributed by atoms with Gasteiger partial charge in [-0.1, -0.05) is 19.1 Å². The Kier molecular flexibility index (Phi) is 4.42. The average Bonchev–Trinajstić information content (AvgIpc) is 2.15. The summed E-state index contributed by atoms with van der Waals surface area (Å²) in [4.78, 5) is 0. The summed E-state index contributed by atoms with van der Waals surface area (Å²) in [5.41, 5.74) is 6.98. The van der Waals surface area contributed by atoms with Crippen LogP contribution in [0.25, 0.3) is 0 Å². The zero-order valence-corrected chi connectivity index (χ0v) is 9.35. The molecule has 0 aliphatic carbocycles. The molecule has 0 saturated heterocycles. The normalized spacial score (nSPS) is 15.1. The summed E-state index contributed by atoms with van der Waals surface area (Å²) in [6, 6.07) is 6.69. The third-order valence-corrected chi connectivity index (χ3v) is 3.42. The van der Waals surface area contributed by atoms with Gasteiger partial charge in [0.15, 0.2) is 0 Å². The zero-order chi connectivity index (χ0) is 10.6. The molecule has 0 amide bonds. The fourth-order valence-electron chi connectivity index (χ4n) is 1.38. The number of hydrogen-bond donors (Lipinski definition) is 1. The van der Waals surface area contributed by atoms with E-state index in [0.717, 1.165) is 11.3 Å². The van der Waals surface area contributed by atoms with Crippen molar-refractivity contribution in [2.45, 2.75) is 25.1 Å². The van der Waals surface area contributed by atoms with E-state index in [-0.39, 0.29) is 17.1 Å². The van der Waals surface area contributed by atoms with Gasteiger partial charge in [-0.05, 0) is 30.4 Å². The average molecular weight is 213 g/mol. The van der Waals surface area contributed by atoms with Crippen molar-refractivity contribution in [1.29, 1.82) is 0 Å². The molecule has 78 valence electrons. The van der Waals surface area contributed by atoms with E-state index in [0.29, 0.717) is 0 Å². The lowest BCUT2D eigenvalue weighted by Gasteiger charge is -2.19. The number of rotatable bonds is 4. The van der Waals surface area contributed by atoms with Gasteiger partial charge in [0.1, 0.15) is 5.82 Å². The molecule has 0 saturated carbocycles. The van der Waals surface area contributed by atoms with Crippen LogP contribution in [0.1, 0.15) is 24.7 Å². The first-order valence-corrected chi connectivity index (χ1v) is 5.82. The second-order valence-corrected chi connectivity index (χ2v) is 4.71. The largest absolute Gasteiger partial charge is 0.327 e. The highest BCUT2D eigenvalue weighted by Crippen LogP contribution is 2.30. The Labute approximate surface area is 88.9 Å². The second kappa shape index (κ2) is 5.37. The lowest BCUT2D eigenvalue weighted by atomic mass is 10.1. The van der Waals surface area contributed by atoms with Crippen molar-refractivity contribution in [2.24, 2.45) is 5.73 Å². The topological polar surface area (TPSA) is 26.0 Å². The third kappa shape index (κ3) is 3.00. The Hall–Kier alpha value is -0.540. The molecule has 0 aliphatic rings. The summed E-state index contributed by atoms with van der Waals surface area (Å²) >= 11 is 1.80. The smallest absolute Gasteiger partial charge is 0.123 e. The second-order valence-electron chi connectivity index (χ2n) is 3.29. The minimum absolute atomic E-state index is 0.0883. The van der Waals surface area contributed by atoms with Crippen molar-refractivity contribution in [2.75, 3.05) is 5.75 Å². The first kappa shape index (κ1) is 11.5. The minimum atomic E-state index is -0.196. The predicted molar refractivity (Wildman–Crippen MR) is 60.9 cm³/mol. The highest BCUT2D eigenvalue weighted by molar-refractivity contribution is 7.99. The molecule has 14 heavy (non-hydrogen) atoms. The Bertz CT molecular complexity index is 271. The summed E-state index contributed by atoms with van der Waals surface area (Å²) in [5, 5.41) is 0.264. The number of benzene rings is 1. The first-order valence-electron chi connectivity index (χ1n) is 4.77. The molecule has 1 rings (SSSR count). The SMILES string of the molecule is CCSC(c1ccc(F)cc1)C(C)N. The molecule has 1 nitrogen and oxygen atoms in total. The van der Waals surface area contributed by atoms with E-state index in [1.807, 2.05) is 19.1 Å². The highest BCUT2D eigenvalue weighted by atomic mass is 32.2. The molecular weight excluding hydrogens is 197 g/mol. The summed E-state index contributed by atoms with van der Waals surface area (Å²) in [6.07, 6.45) is 0. The van der Waals surface area contributed by atoms with Gasteiger partial charge >= 0.3 is 0 Å². The maximum Gasteiger partial charge on any atom is 0.123 e. The van der Waals surface area contributed by atoms with Gasteiger partial charge in [0.25, 0.3) is 0 Å². The van der Waals surface area contributed by atoms with Gasteiger partial charge in [0.05, 0.1) is 0 Å². The molecular formula is C11H16FNS. The van der Waals surface area contributed by atoms with E-state index >= 15 is 0 Å². The van der Waals surface area contributed by atoms with Crippen LogP contribution in [0.5, 0.6) is 0 Å². The van der Waals surface area contributed by atoms with Crippen molar-refractivity contribution in [1.82, 2.24) is 0 Å². The third-order valence-electron chi connectivity index (χ3n) is 2.02. The number of nitrogens with two attached hydrogens (primary N) is 1. The van der Waals surface area contributed by atoms with Crippen molar-refractivity contribution in [3.05, 3.63) is 35.6 Å². The van der Waals surface area contributed by atoms with Crippen molar-refractivity contribution in [3.63, 3.8) is 0 Å². The van der Waals surface area contributed by atoms with E-state index < -0.39 is 0 Å². The molecule has 2 atom stereocenters. The van der Waals surface area contributed by atoms with Gasteiger partial charge in [-0.3, -0.25) is 0 Å². The van der Waals surface area contributed by atoms with Gasteiger partial charge in [0, 0.05) is 11.3 Å². The van der Waals surface area contributed by atoms with Crippen molar-refractivity contribution < 1.29 is 4.39 Å². The van der Waals surface area contributed by atoms with Gasteiger partial charge in [-0.15, -0.1) is 0 Å². The summed E-state index contributed by atoms with van der Waals surface area (Å²) in [7, 11) is 0. The van der Waals surface area contributed by atoms with Gasteiger partial charge in [-0.2, -0.15) is 11.8 Å². The van der Waals surface area contributed by atoms with Crippen LogP contribution in [0.3, 0.4) is 0 Å². The van der Waals surface area contributed by atoms with Crippen molar-refractivity contribution >= 4 is 11.8 Å². The van der Waals surface area contributed by atoms with Crippen LogP contribution < -0.4 is 5.73 Å². The highest BCUT2D eigenvalue weighted by Gasteiger charge is 2.15. The molecule has 0 aromatic heterocycles. The molecule has 2 N–H and O–H groups in total. The minimum Gasteiger partial charge on any atom is -0.327 e. The number of hydrogen-bond acceptors (Lipinski definition) is 2. The molecule has 0 heterocycles. The fraction of sp³-hybridized carbons (Fsp3) is 0.455. The predicted octanol–water partition coefficient (Wildman–Crippen LogP) is 2.97. The molecule has 3 heteroatoms. The van der Waals surface area contributed by atoms with E-state index in [4.69, 9.17) is 5.73 Å². The number of halogens is 1. The lowest BCUT2D eigenvalue weighted by Crippen LogP contribution is -2.22. The molecule has 0 fully saturated rings. The van der Waals surface area contributed by atoms with Crippen LogP contribution >= 0.6 is 11.8 Å². The van der Waals surface area contributed by atoms with E-state index in [1.165, 1.54) is 12.1 Å². The van der Waals surface area contributed by atoms with Crippen LogP contribution in [-0.2, 0) is 0 Å². The summed E-state index contributed by atoms with van der Waals surface area (Å²) < 4.78 is 12.7. The van der Waals surface area contributed by atoms with E-state index in [1.54, 1.807) is 11.8 Å². The van der Waals surface area contributed by atoms with Crippen LogP contribution in [0.4, 0.5) is 4.39 Å². The van der Waals surface area contributed by atoms with Crippen LogP contribution in [0.2, 0.25) is 0 Å². The molecule has 0 spiro atoms. The Morgan fingerprint density at radius 1 is 1.36 bits per heavy atom. The molecule has 0 bridgehead atoms. The zero-order valence-electron chi connectivity index (χ0n) is 8.53. The van der Waals surface area contributed by atoms with E-state index in [2.05, 4.69) is 6.92 Å². The van der Waals surface area contributed by atoms with Crippen LogP contribution in [0.15, 0.2) is 24.3 Å². The lowest BCUT2D eigenvalue weighted by molar-refractivity contribution is 0.625.